The van der Waals surface area contributed by atoms with Gasteiger partial charge in [0.15, 0.2) is 0 Å². The van der Waals surface area contributed by atoms with Crippen molar-refractivity contribution >= 4 is 33.3 Å². The van der Waals surface area contributed by atoms with Crippen molar-refractivity contribution in [3.8, 4) is 11.3 Å². The van der Waals surface area contributed by atoms with E-state index in [0.717, 1.165) is 33.1 Å². The molecule has 0 aliphatic rings. The Balaban J connectivity index is 1.85. The van der Waals surface area contributed by atoms with Crippen molar-refractivity contribution in [2.45, 2.75) is 6.54 Å². The highest BCUT2D eigenvalue weighted by Gasteiger charge is 2.12. The van der Waals surface area contributed by atoms with E-state index in [4.69, 9.17) is 16.9 Å². The molecule has 0 saturated heterocycles. The van der Waals surface area contributed by atoms with E-state index < -0.39 is 0 Å². The molecule has 6 N–H and O–H groups in total. The van der Waals surface area contributed by atoms with Gasteiger partial charge in [-0.05, 0) is 30.5 Å². The van der Waals surface area contributed by atoms with E-state index in [-0.39, 0.29) is 0 Å². The highest BCUT2D eigenvalue weighted by molar-refractivity contribution is 6.08. The number of nitrogens with two attached hydrogens (primary N) is 2. The molecule has 124 valence electrons. The zero-order valence-corrected chi connectivity index (χ0v) is 13.3. The van der Waals surface area contributed by atoms with Crippen molar-refractivity contribution in [1.82, 2.24) is 25.0 Å². The van der Waals surface area contributed by atoms with Crippen molar-refractivity contribution in [1.29, 1.82) is 5.41 Å². The van der Waals surface area contributed by atoms with Gasteiger partial charge in [-0.1, -0.05) is 6.07 Å². The first-order valence-corrected chi connectivity index (χ1v) is 7.68. The van der Waals surface area contributed by atoms with Crippen LogP contribution >= 0.6 is 0 Å². The zero-order chi connectivity index (χ0) is 17.4. The Labute approximate surface area is 142 Å². The number of pyridine rings is 1. The van der Waals surface area contributed by atoms with E-state index >= 15 is 0 Å². The van der Waals surface area contributed by atoms with Crippen LogP contribution in [0.3, 0.4) is 0 Å². The van der Waals surface area contributed by atoms with Crippen molar-refractivity contribution in [3.63, 3.8) is 0 Å². The monoisotopic (exact) mass is 332 g/mol. The molecule has 0 spiro atoms. The highest BCUT2D eigenvalue weighted by atomic mass is 15.3. The molecular formula is C17H16N8. The topological polar surface area (TPSA) is 135 Å². The Bertz CT molecular complexity index is 1100. The molecule has 25 heavy (non-hydrogen) atoms. The number of anilines is 1. The Hall–Kier alpha value is -3.68. The van der Waals surface area contributed by atoms with E-state index in [1.165, 1.54) is 12.3 Å². The molecule has 0 saturated carbocycles. The van der Waals surface area contributed by atoms with Gasteiger partial charge in [-0.15, -0.1) is 0 Å². The van der Waals surface area contributed by atoms with Crippen LogP contribution in [-0.2, 0) is 6.54 Å². The minimum atomic E-state index is 0.314. The summed E-state index contributed by atoms with van der Waals surface area (Å²) in [5, 5.41) is 21.1. The summed E-state index contributed by atoms with van der Waals surface area (Å²) in [6.45, 7) is 0.314. The molecule has 8 nitrogen and oxygen atoms in total. The minimum absolute atomic E-state index is 0.314. The summed E-state index contributed by atoms with van der Waals surface area (Å²) in [4.78, 5) is 4.50. The molecule has 1 aromatic carbocycles. The van der Waals surface area contributed by atoms with Crippen LogP contribution in [0.15, 0.2) is 48.9 Å². The molecule has 0 unspecified atom stereocenters. The van der Waals surface area contributed by atoms with Gasteiger partial charge in [0, 0.05) is 23.3 Å². The molecular weight excluding hydrogens is 316 g/mol. The van der Waals surface area contributed by atoms with Gasteiger partial charge in [-0.25, -0.2) is 4.98 Å². The van der Waals surface area contributed by atoms with Crippen molar-refractivity contribution < 1.29 is 0 Å². The first kappa shape index (κ1) is 14.9. The maximum Gasteiger partial charge on any atom is 0.135 e. The van der Waals surface area contributed by atoms with E-state index in [0.29, 0.717) is 18.1 Å². The lowest BCUT2D eigenvalue weighted by molar-refractivity contribution is 0.734. The molecule has 0 aliphatic carbocycles. The highest BCUT2D eigenvalue weighted by Crippen LogP contribution is 2.29. The number of rotatable bonds is 4. The molecule has 3 aromatic heterocycles. The molecule has 3 heterocycles. The third-order valence-corrected chi connectivity index (χ3v) is 3.96. The van der Waals surface area contributed by atoms with Gasteiger partial charge in [0.05, 0.1) is 28.9 Å². The Morgan fingerprint density at radius 3 is 2.92 bits per heavy atom. The summed E-state index contributed by atoms with van der Waals surface area (Å²) in [7, 11) is 0. The van der Waals surface area contributed by atoms with Crippen LogP contribution in [0.5, 0.6) is 0 Å². The SMILES string of the molecule is N=C(/C=C\N)Cn1cc2c(N)nc3cc(-c4cc[nH]n4)ccc3c2n1. The van der Waals surface area contributed by atoms with E-state index in [1.54, 1.807) is 17.1 Å². The molecule has 0 atom stereocenters. The molecule has 4 aromatic rings. The average Bonchev–Trinajstić information content (AvgIpc) is 3.24. The second kappa shape index (κ2) is 5.75. The fourth-order valence-electron chi connectivity index (χ4n) is 2.83. The normalized spacial score (nSPS) is 11.7. The van der Waals surface area contributed by atoms with E-state index in [2.05, 4.69) is 20.3 Å². The first-order chi connectivity index (χ1) is 12.2. The fraction of sp³-hybridized carbons (Fsp3) is 0.0588. The standard InChI is InChI=1S/C17H16N8/c18-5-3-11(19)8-25-9-13-16(24-25)12-2-1-10(14-4-6-21-23-14)7-15(12)22-17(13)20/h1-7,9,19H,8,18H2,(H2,20,22)(H,21,23)/b5-3-,19-11?. The van der Waals surface area contributed by atoms with Gasteiger partial charge in [-0.2, -0.15) is 10.2 Å². The van der Waals surface area contributed by atoms with E-state index in [9.17, 15) is 0 Å². The molecule has 4 rings (SSSR count). The summed E-state index contributed by atoms with van der Waals surface area (Å²) in [5.74, 6) is 0.411. The second-order valence-corrected chi connectivity index (χ2v) is 5.66. The lowest BCUT2D eigenvalue weighted by Crippen LogP contribution is -2.07. The van der Waals surface area contributed by atoms with Crippen molar-refractivity contribution in [3.05, 3.63) is 48.9 Å². The predicted molar refractivity (Wildman–Crippen MR) is 98.1 cm³/mol. The van der Waals surface area contributed by atoms with Crippen LogP contribution in [-0.4, -0.2) is 30.7 Å². The van der Waals surface area contributed by atoms with Crippen LogP contribution in [0.25, 0.3) is 33.1 Å². The van der Waals surface area contributed by atoms with Gasteiger partial charge >= 0.3 is 0 Å². The fourth-order valence-corrected chi connectivity index (χ4v) is 2.83. The number of aromatic nitrogens is 5. The van der Waals surface area contributed by atoms with Crippen molar-refractivity contribution in [2.24, 2.45) is 5.73 Å². The number of benzene rings is 1. The number of nitrogens with one attached hydrogen (secondary N) is 2. The molecule has 0 bridgehead atoms. The van der Waals surface area contributed by atoms with Gasteiger partial charge < -0.3 is 16.9 Å². The van der Waals surface area contributed by atoms with Crippen LogP contribution < -0.4 is 11.5 Å². The number of fused-ring (bicyclic) bond motifs is 3. The maximum atomic E-state index is 7.84. The maximum absolute atomic E-state index is 7.84. The number of nitrogens with zero attached hydrogens (tertiary/aromatic N) is 4. The number of H-pyrrole nitrogens is 1. The second-order valence-electron chi connectivity index (χ2n) is 5.66. The minimum Gasteiger partial charge on any atom is -0.405 e. The van der Waals surface area contributed by atoms with Gasteiger partial charge in [0.1, 0.15) is 11.3 Å². The summed E-state index contributed by atoms with van der Waals surface area (Å²) in [6, 6.07) is 7.79. The smallest absolute Gasteiger partial charge is 0.135 e. The lowest BCUT2D eigenvalue weighted by atomic mass is 10.1. The number of allylic oxidation sites excluding steroid dienone is 1. The molecule has 0 amide bonds. The van der Waals surface area contributed by atoms with Crippen LogP contribution in [0.1, 0.15) is 0 Å². The zero-order valence-electron chi connectivity index (χ0n) is 13.3. The molecule has 0 radical (unpaired) electrons. The van der Waals surface area contributed by atoms with Gasteiger partial charge in [-0.3, -0.25) is 9.78 Å². The van der Waals surface area contributed by atoms with Crippen LogP contribution in [0, 0.1) is 5.41 Å². The van der Waals surface area contributed by atoms with Crippen molar-refractivity contribution in [2.75, 3.05) is 5.73 Å². The Morgan fingerprint density at radius 2 is 2.16 bits per heavy atom. The summed E-state index contributed by atoms with van der Waals surface area (Å²) >= 11 is 0. The number of aromatic amines is 1. The third kappa shape index (κ3) is 2.59. The molecule has 8 heteroatoms. The Kier molecular flexibility index (Phi) is 3.42. The molecule has 0 aliphatic heterocycles. The van der Waals surface area contributed by atoms with E-state index in [1.807, 2.05) is 24.3 Å². The summed E-state index contributed by atoms with van der Waals surface area (Å²) in [5.41, 5.74) is 15.1. The molecule has 0 fully saturated rings. The summed E-state index contributed by atoms with van der Waals surface area (Å²) in [6.07, 6.45) is 6.45. The quantitative estimate of drug-likeness (QED) is 0.424. The first-order valence-electron chi connectivity index (χ1n) is 7.68. The third-order valence-electron chi connectivity index (χ3n) is 3.96. The number of nitrogen functional groups attached to an aromatic ring is 1. The average molecular weight is 332 g/mol. The largest absolute Gasteiger partial charge is 0.405 e. The lowest BCUT2D eigenvalue weighted by Gasteiger charge is -2.03. The number of hydrogen-bond acceptors (Lipinski definition) is 6. The number of hydrogen-bond donors (Lipinski definition) is 4. The van der Waals surface area contributed by atoms with Gasteiger partial charge in [0.2, 0.25) is 0 Å². The predicted octanol–water partition coefficient (Wildman–Crippen LogP) is 2.05. The Morgan fingerprint density at radius 1 is 1.28 bits per heavy atom. The summed E-state index contributed by atoms with van der Waals surface area (Å²) < 4.78 is 1.67. The van der Waals surface area contributed by atoms with Crippen LogP contribution in [0.4, 0.5) is 5.82 Å². The van der Waals surface area contributed by atoms with Crippen LogP contribution in [0.2, 0.25) is 0 Å². The van der Waals surface area contributed by atoms with Gasteiger partial charge in [0.25, 0.3) is 0 Å².